The van der Waals surface area contributed by atoms with Crippen LogP contribution in [0.5, 0.6) is 0 Å². The highest BCUT2D eigenvalue weighted by Gasteiger charge is 2.50. The largest absolute Gasteiger partial charge is 0.390 e. The van der Waals surface area contributed by atoms with E-state index in [2.05, 4.69) is 0 Å². The van der Waals surface area contributed by atoms with Gasteiger partial charge in [-0.2, -0.15) is 0 Å². The van der Waals surface area contributed by atoms with Gasteiger partial charge in [-0.05, 0) is 0 Å². The minimum absolute atomic E-state index is 0.0290. The van der Waals surface area contributed by atoms with Gasteiger partial charge in [-0.25, -0.2) is 0 Å². The summed E-state index contributed by atoms with van der Waals surface area (Å²) in [5, 5.41) is 37.7. The molecule has 0 spiro atoms. The molecule has 5 atom stereocenters. The lowest BCUT2D eigenvalue weighted by atomic mass is 9.93. The molecule has 2 rings (SSSR count). The molecule has 2 fully saturated rings. The zero-order chi connectivity index (χ0) is 10.5. The Morgan fingerprint density at radius 2 is 1.71 bits per heavy atom. The van der Waals surface area contributed by atoms with E-state index in [1.807, 2.05) is 0 Å². The smallest absolute Gasteiger partial charge is 0.225 e. The van der Waals surface area contributed by atoms with Crippen molar-refractivity contribution in [3.8, 4) is 0 Å². The maximum absolute atomic E-state index is 11.3. The van der Waals surface area contributed by atoms with Crippen molar-refractivity contribution in [1.82, 2.24) is 4.90 Å². The van der Waals surface area contributed by atoms with Gasteiger partial charge in [-0.3, -0.25) is 4.79 Å². The summed E-state index contributed by atoms with van der Waals surface area (Å²) in [6.07, 6.45) is -4.73. The predicted octanol–water partition coefficient (Wildman–Crippen LogP) is -2.96. The number of hydrogen-bond donors (Lipinski definition) is 4. The molecule has 0 aliphatic carbocycles. The van der Waals surface area contributed by atoms with E-state index in [-0.39, 0.29) is 18.9 Å². The van der Waals surface area contributed by atoms with Crippen LogP contribution in [0.25, 0.3) is 0 Å². The average Bonchev–Trinajstić information content (AvgIpc) is 2.38. The summed E-state index contributed by atoms with van der Waals surface area (Å²) >= 11 is 0. The van der Waals surface area contributed by atoms with Gasteiger partial charge in [0.1, 0.15) is 18.3 Å². The van der Waals surface area contributed by atoms with Gasteiger partial charge in [-0.15, -0.1) is 0 Å². The van der Waals surface area contributed by atoms with E-state index < -0.39 is 30.5 Å². The Kier molecular flexibility index (Phi) is 2.23. The number of carbonyl (C=O) groups excluding carboxylic acids is 1. The van der Waals surface area contributed by atoms with Crippen molar-refractivity contribution in [1.29, 1.82) is 0 Å². The minimum atomic E-state index is -1.29. The first-order valence-corrected chi connectivity index (χ1v) is 4.54. The number of aliphatic hydroxyl groups is 4. The monoisotopic (exact) mass is 203 g/mol. The molecule has 0 saturated carbocycles. The zero-order valence-electron chi connectivity index (χ0n) is 7.45. The number of aliphatic hydroxyl groups excluding tert-OH is 4. The average molecular weight is 203 g/mol. The van der Waals surface area contributed by atoms with Crippen molar-refractivity contribution >= 4 is 5.91 Å². The highest BCUT2D eigenvalue weighted by Crippen LogP contribution is 2.28. The van der Waals surface area contributed by atoms with Crippen LogP contribution in [0.2, 0.25) is 0 Å². The van der Waals surface area contributed by atoms with Crippen molar-refractivity contribution in [2.45, 2.75) is 36.9 Å². The summed E-state index contributed by atoms with van der Waals surface area (Å²) in [4.78, 5) is 12.5. The van der Waals surface area contributed by atoms with Crippen molar-refractivity contribution in [2.24, 2.45) is 0 Å². The molecule has 0 aromatic rings. The second-order valence-electron chi connectivity index (χ2n) is 3.86. The molecule has 0 bridgehead atoms. The summed E-state index contributed by atoms with van der Waals surface area (Å²) in [5.41, 5.74) is 0. The highest BCUT2D eigenvalue weighted by atomic mass is 16.4. The molecule has 2 saturated heterocycles. The fraction of sp³-hybridized carbons (Fsp3) is 0.875. The van der Waals surface area contributed by atoms with Gasteiger partial charge in [0.05, 0.1) is 18.6 Å². The number of rotatable bonds is 0. The van der Waals surface area contributed by atoms with Crippen LogP contribution in [0.3, 0.4) is 0 Å². The molecule has 6 heteroatoms. The summed E-state index contributed by atoms with van der Waals surface area (Å²) < 4.78 is 0. The molecular formula is C8H13NO5. The lowest BCUT2D eigenvalue weighted by Crippen LogP contribution is -2.62. The van der Waals surface area contributed by atoms with Crippen molar-refractivity contribution in [2.75, 3.05) is 6.54 Å². The van der Waals surface area contributed by atoms with Gasteiger partial charge in [0.15, 0.2) is 0 Å². The van der Waals surface area contributed by atoms with Crippen LogP contribution >= 0.6 is 0 Å². The molecule has 0 aromatic carbocycles. The Hall–Kier alpha value is -0.690. The fourth-order valence-electron chi connectivity index (χ4n) is 2.17. The summed E-state index contributed by atoms with van der Waals surface area (Å²) in [7, 11) is 0. The Labute approximate surface area is 80.4 Å². The van der Waals surface area contributed by atoms with Gasteiger partial charge in [-0.1, -0.05) is 0 Å². The van der Waals surface area contributed by atoms with E-state index in [1.165, 1.54) is 4.90 Å². The molecular weight excluding hydrogens is 190 g/mol. The molecule has 2 aliphatic heterocycles. The van der Waals surface area contributed by atoms with Crippen molar-refractivity contribution in [3.05, 3.63) is 0 Å². The molecule has 0 aromatic heterocycles. The van der Waals surface area contributed by atoms with E-state index >= 15 is 0 Å². The van der Waals surface area contributed by atoms with Gasteiger partial charge in [0.2, 0.25) is 5.91 Å². The second-order valence-corrected chi connectivity index (χ2v) is 3.86. The first-order chi connectivity index (χ1) is 6.52. The van der Waals surface area contributed by atoms with Gasteiger partial charge >= 0.3 is 0 Å². The van der Waals surface area contributed by atoms with E-state index in [1.54, 1.807) is 0 Å². The van der Waals surface area contributed by atoms with Crippen LogP contribution in [0.4, 0.5) is 0 Å². The first-order valence-electron chi connectivity index (χ1n) is 4.54. The minimum Gasteiger partial charge on any atom is -0.390 e. The maximum Gasteiger partial charge on any atom is 0.225 e. The van der Waals surface area contributed by atoms with Crippen LogP contribution < -0.4 is 0 Å². The van der Waals surface area contributed by atoms with E-state index in [0.29, 0.717) is 0 Å². The third-order valence-corrected chi connectivity index (χ3v) is 2.94. The molecule has 80 valence electrons. The normalized spacial score (nSPS) is 48.1. The molecule has 2 heterocycles. The third-order valence-electron chi connectivity index (χ3n) is 2.94. The molecule has 1 amide bonds. The number of fused-ring (bicyclic) bond motifs is 1. The summed E-state index contributed by atoms with van der Waals surface area (Å²) in [6, 6.07) is -0.777. The first kappa shape index (κ1) is 9.85. The van der Waals surface area contributed by atoms with Crippen molar-refractivity contribution in [3.63, 3.8) is 0 Å². The van der Waals surface area contributed by atoms with Crippen LogP contribution in [-0.2, 0) is 4.79 Å². The third kappa shape index (κ3) is 1.23. The Morgan fingerprint density at radius 1 is 1.07 bits per heavy atom. The van der Waals surface area contributed by atoms with E-state index in [9.17, 15) is 25.2 Å². The summed E-state index contributed by atoms with van der Waals surface area (Å²) in [6.45, 7) is -0.0290. The van der Waals surface area contributed by atoms with Gasteiger partial charge < -0.3 is 25.3 Å². The molecule has 3 unspecified atom stereocenters. The van der Waals surface area contributed by atoms with Crippen LogP contribution in [0.1, 0.15) is 6.42 Å². The topological polar surface area (TPSA) is 101 Å². The standard InChI is InChI=1S/C8H13NO5/c10-3-1-5(12)9-2-4(11)7(13)8(14)6(3)9/h3-4,6-8,10-11,13-14H,1-2H2/t3-,4?,6?,7?,8+/m0/s1. The highest BCUT2D eigenvalue weighted by molar-refractivity contribution is 5.80. The lowest BCUT2D eigenvalue weighted by molar-refractivity contribution is -0.157. The number of carbonyl (C=O) groups is 1. The quantitative estimate of drug-likeness (QED) is 0.337. The Bertz CT molecular complexity index is 258. The maximum atomic E-state index is 11.3. The Morgan fingerprint density at radius 3 is 2.36 bits per heavy atom. The van der Waals surface area contributed by atoms with E-state index in [0.717, 1.165) is 0 Å². The second kappa shape index (κ2) is 3.16. The molecule has 0 radical (unpaired) electrons. The van der Waals surface area contributed by atoms with Crippen LogP contribution in [0.15, 0.2) is 0 Å². The van der Waals surface area contributed by atoms with Gasteiger partial charge in [0.25, 0.3) is 0 Å². The number of hydrogen-bond acceptors (Lipinski definition) is 5. The number of nitrogens with zero attached hydrogens (tertiary/aromatic N) is 1. The van der Waals surface area contributed by atoms with Gasteiger partial charge in [0, 0.05) is 6.54 Å². The van der Waals surface area contributed by atoms with Crippen LogP contribution in [-0.4, -0.2) is 68.2 Å². The number of piperidine rings is 1. The van der Waals surface area contributed by atoms with Crippen LogP contribution in [0, 0.1) is 0 Å². The fourth-order valence-corrected chi connectivity index (χ4v) is 2.17. The zero-order valence-corrected chi connectivity index (χ0v) is 7.45. The molecule has 6 nitrogen and oxygen atoms in total. The SMILES string of the molecule is O=C1C[C@H](O)C2[C@@H](O)C(O)C(O)CN12. The summed E-state index contributed by atoms with van der Waals surface area (Å²) in [5.74, 6) is -0.299. The lowest BCUT2D eigenvalue weighted by Gasteiger charge is -2.40. The molecule has 14 heavy (non-hydrogen) atoms. The Balaban J connectivity index is 2.24. The van der Waals surface area contributed by atoms with E-state index in [4.69, 9.17) is 0 Å². The molecule has 2 aliphatic rings. The van der Waals surface area contributed by atoms with Crippen molar-refractivity contribution < 1.29 is 25.2 Å². The molecule has 4 N–H and O–H groups in total. The number of amides is 1. The predicted molar refractivity (Wildman–Crippen MR) is 44.1 cm³/mol.